The molecule has 0 bridgehead atoms. The number of hydrogen-bond donors (Lipinski definition) is 1. The van der Waals surface area contributed by atoms with Crippen LogP contribution in [0.1, 0.15) is 30.1 Å². The zero-order valence-electron chi connectivity index (χ0n) is 8.50. The van der Waals surface area contributed by atoms with Gasteiger partial charge in [0.1, 0.15) is 6.04 Å². The van der Waals surface area contributed by atoms with E-state index >= 15 is 0 Å². The van der Waals surface area contributed by atoms with Gasteiger partial charge in [-0.3, -0.25) is 0 Å². The Kier molecular flexibility index (Phi) is 3.08. The van der Waals surface area contributed by atoms with Crippen molar-refractivity contribution in [3.05, 3.63) is 28.2 Å². The van der Waals surface area contributed by atoms with E-state index in [1.807, 2.05) is 17.5 Å². The van der Waals surface area contributed by atoms with Gasteiger partial charge in [-0.05, 0) is 28.3 Å². The van der Waals surface area contributed by atoms with E-state index < -0.39 is 0 Å². The maximum Gasteiger partial charge on any atom is 0.173 e. The molecule has 0 aliphatic rings. The minimum absolute atomic E-state index is 0.216. The lowest BCUT2D eigenvalue weighted by molar-refractivity contribution is 0.544. The summed E-state index contributed by atoms with van der Waals surface area (Å²) in [4.78, 5) is 1.09. The highest BCUT2D eigenvalue weighted by molar-refractivity contribution is 7.10. The van der Waals surface area contributed by atoms with Gasteiger partial charge in [0.05, 0.1) is 0 Å². The molecule has 2 N–H and O–H groups in total. The van der Waals surface area contributed by atoms with E-state index in [-0.39, 0.29) is 6.04 Å². The Labute approximate surface area is 91.9 Å². The fourth-order valence-electron chi connectivity index (χ4n) is 1.40. The third-order valence-corrected chi connectivity index (χ3v) is 3.08. The summed E-state index contributed by atoms with van der Waals surface area (Å²) in [5.41, 5.74) is 6.08. The van der Waals surface area contributed by atoms with Crippen LogP contribution in [0.2, 0.25) is 0 Å². The smallest absolute Gasteiger partial charge is 0.173 e. The first-order valence-corrected chi connectivity index (χ1v) is 5.76. The molecule has 0 radical (unpaired) electrons. The van der Waals surface area contributed by atoms with E-state index in [9.17, 15) is 0 Å². The number of nitrogens with two attached hydrogens (primary N) is 1. The Bertz CT molecular complexity index is 408. The molecule has 80 valence electrons. The van der Waals surface area contributed by atoms with Crippen molar-refractivity contribution in [3.63, 3.8) is 0 Å². The number of rotatable bonds is 4. The van der Waals surface area contributed by atoms with Crippen molar-refractivity contribution in [3.8, 4) is 0 Å². The molecule has 5 nitrogen and oxygen atoms in total. The van der Waals surface area contributed by atoms with Crippen molar-refractivity contribution in [2.75, 3.05) is 0 Å². The van der Waals surface area contributed by atoms with Crippen molar-refractivity contribution < 1.29 is 0 Å². The minimum Gasteiger partial charge on any atom is -0.317 e. The van der Waals surface area contributed by atoms with Gasteiger partial charge < -0.3 is 5.73 Å². The van der Waals surface area contributed by atoms with Gasteiger partial charge in [0.15, 0.2) is 5.82 Å². The summed E-state index contributed by atoms with van der Waals surface area (Å²) in [7, 11) is 0. The molecule has 2 heterocycles. The minimum atomic E-state index is -0.216. The second-order valence-corrected chi connectivity index (χ2v) is 4.23. The zero-order chi connectivity index (χ0) is 10.7. The summed E-state index contributed by atoms with van der Waals surface area (Å²) >= 11 is 1.62. The number of aryl methyl sites for hydroxylation is 1. The second kappa shape index (κ2) is 4.50. The highest BCUT2D eigenvalue weighted by atomic mass is 32.1. The number of tetrazole rings is 1. The molecule has 2 aromatic rings. The van der Waals surface area contributed by atoms with Gasteiger partial charge in [-0.2, -0.15) is 0 Å². The van der Waals surface area contributed by atoms with Crippen LogP contribution in [0.25, 0.3) is 0 Å². The lowest BCUT2D eigenvalue weighted by Crippen LogP contribution is -2.17. The number of aromatic nitrogens is 4. The van der Waals surface area contributed by atoms with Crippen LogP contribution in [0.3, 0.4) is 0 Å². The van der Waals surface area contributed by atoms with E-state index in [0.717, 1.165) is 23.7 Å². The molecule has 0 saturated heterocycles. The fraction of sp³-hybridized carbons (Fsp3) is 0.444. The van der Waals surface area contributed by atoms with Crippen LogP contribution in [-0.4, -0.2) is 20.2 Å². The van der Waals surface area contributed by atoms with Crippen molar-refractivity contribution in [1.29, 1.82) is 0 Å². The van der Waals surface area contributed by atoms with Gasteiger partial charge >= 0.3 is 0 Å². The molecule has 0 aliphatic heterocycles. The SMILES string of the molecule is CCCn1nnnc1C(N)c1cccs1. The topological polar surface area (TPSA) is 69.6 Å². The van der Waals surface area contributed by atoms with E-state index in [2.05, 4.69) is 22.4 Å². The number of nitrogens with zero attached hydrogens (tertiary/aromatic N) is 4. The van der Waals surface area contributed by atoms with E-state index in [1.165, 1.54) is 0 Å². The van der Waals surface area contributed by atoms with Gasteiger partial charge in [-0.1, -0.05) is 13.0 Å². The molecule has 0 aromatic carbocycles. The molecule has 0 amide bonds. The van der Waals surface area contributed by atoms with Crippen LogP contribution in [0, 0.1) is 0 Å². The van der Waals surface area contributed by atoms with E-state index in [0.29, 0.717) is 0 Å². The summed E-state index contributed by atoms with van der Waals surface area (Å²) in [6.07, 6.45) is 0.995. The predicted molar refractivity (Wildman–Crippen MR) is 58.5 cm³/mol. The molecule has 1 unspecified atom stereocenters. The largest absolute Gasteiger partial charge is 0.317 e. The molecule has 15 heavy (non-hydrogen) atoms. The quantitative estimate of drug-likeness (QED) is 0.845. The van der Waals surface area contributed by atoms with Crippen LogP contribution in [0.15, 0.2) is 17.5 Å². The normalized spacial score (nSPS) is 12.9. The molecule has 6 heteroatoms. The van der Waals surface area contributed by atoms with Gasteiger partial charge in [0.25, 0.3) is 0 Å². The van der Waals surface area contributed by atoms with Crippen molar-refractivity contribution in [2.45, 2.75) is 25.9 Å². The summed E-state index contributed by atoms with van der Waals surface area (Å²) in [5, 5.41) is 13.6. The molecule has 0 fully saturated rings. The fourth-order valence-corrected chi connectivity index (χ4v) is 2.12. The molecule has 2 rings (SSSR count). The van der Waals surface area contributed by atoms with Crippen molar-refractivity contribution in [1.82, 2.24) is 20.2 Å². The predicted octanol–water partition coefficient (Wildman–Crippen LogP) is 1.19. The molecule has 0 saturated carbocycles. The Morgan fingerprint density at radius 1 is 1.60 bits per heavy atom. The van der Waals surface area contributed by atoms with E-state index in [4.69, 9.17) is 5.73 Å². The third kappa shape index (κ3) is 2.05. The first kappa shape index (κ1) is 10.3. The van der Waals surface area contributed by atoms with Gasteiger partial charge in [0, 0.05) is 11.4 Å². The lowest BCUT2D eigenvalue weighted by atomic mass is 10.2. The first-order valence-electron chi connectivity index (χ1n) is 4.88. The second-order valence-electron chi connectivity index (χ2n) is 3.25. The van der Waals surface area contributed by atoms with Crippen molar-refractivity contribution in [2.24, 2.45) is 5.73 Å². The average molecular weight is 223 g/mol. The molecule has 0 aliphatic carbocycles. The first-order chi connectivity index (χ1) is 7.33. The maximum atomic E-state index is 6.08. The number of hydrogen-bond acceptors (Lipinski definition) is 5. The molecule has 2 aromatic heterocycles. The molecule has 0 spiro atoms. The Morgan fingerprint density at radius 2 is 2.47 bits per heavy atom. The van der Waals surface area contributed by atoms with Gasteiger partial charge in [-0.25, -0.2) is 4.68 Å². The van der Waals surface area contributed by atoms with E-state index in [1.54, 1.807) is 16.0 Å². The Hall–Kier alpha value is -1.27. The lowest BCUT2D eigenvalue weighted by Gasteiger charge is -2.08. The van der Waals surface area contributed by atoms with Gasteiger partial charge in [-0.15, -0.1) is 16.4 Å². The van der Waals surface area contributed by atoms with Crippen LogP contribution >= 0.6 is 11.3 Å². The number of thiophene rings is 1. The highest BCUT2D eigenvalue weighted by Crippen LogP contribution is 2.21. The summed E-state index contributed by atoms with van der Waals surface area (Å²) < 4.78 is 1.77. The van der Waals surface area contributed by atoms with Crippen LogP contribution in [-0.2, 0) is 6.54 Å². The summed E-state index contributed by atoms with van der Waals surface area (Å²) in [6.45, 7) is 2.89. The van der Waals surface area contributed by atoms with Crippen LogP contribution in [0.4, 0.5) is 0 Å². The molecular formula is C9H13N5S. The molecular weight excluding hydrogens is 210 g/mol. The standard InChI is InChI=1S/C9H13N5S/c1-2-5-14-9(11-12-13-14)8(10)7-4-3-6-15-7/h3-4,6,8H,2,5,10H2,1H3. The highest BCUT2D eigenvalue weighted by Gasteiger charge is 2.17. The van der Waals surface area contributed by atoms with Crippen LogP contribution < -0.4 is 5.73 Å². The Balaban J connectivity index is 2.25. The monoisotopic (exact) mass is 223 g/mol. The molecule has 1 atom stereocenters. The summed E-state index contributed by atoms with van der Waals surface area (Å²) in [6, 6.07) is 3.76. The van der Waals surface area contributed by atoms with Gasteiger partial charge in [0.2, 0.25) is 0 Å². The van der Waals surface area contributed by atoms with Crippen molar-refractivity contribution >= 4 is 11.3 Å². The summed E-state index contributed by atoms with van der Waals surface area (Å²) in [5.74, 6) is 0.735. The average Bonchev–Trinajstić information content (AvgIpc) is 2.87. The maximum absolute atomic E-state index is 6.08. The third-order valence-electron chi connectivity index (χ3n) is 2.12. The van der Waals surface area contributed by atoms with Crippen LogP contribution in [0.5, 0.6) is 0 Å². The zero-order valence-corrected chi connectivity index (χ0v) is 9.31. The Morgan fingerprint density at radius 3 is 3.13 bits per heavy atom.